The van der Waals surface area contributed by atoms with E-state index in [9.17, 15) is 4.57 Å². The molecule has 84 valence electrons. The molecule has 0 spiro atoms. The minimum Gasteiger partial charge on any atom is -0.315 e. The van der Waals surface area contributed by atoms with Gasteiger partial charge in [0.1, 0.15) is 0 Å². The zero-order valence-corrected chi connectivity index (χ0v) is 10.8. The van der Waals surface area contributed by atoms with Gasteiger partial charge in [-0.15, -0.1) is 0 Å². The molecule has 0 N–H and O–H groups in total. The topological polar surface area (TPSA) is 42.9 Å². The van der Waals surface area contributed by atoms with Gasteiger partial charge >= 0.3 is 0 Å². The van der Waals surface area contributed by atoms with Crippen LogP contribution in [0, 0.1) is 0 Å². The summed E-state index contributed by atoms with van der Waals surface area (Å²) in [6.45, 7) is 8.06. The van der Waals surface area contributed by atoms with Crippen molar-refractivity contribution in [3.8, 4) is 0 Å². The van der Waals surface area contributed by atoms with E-state index in [1.807, 2.05) is 13.8 Å². The standard InChI is InChI=1S/C11H19N2OP/c1-5-15(14,6-2)11-12-7-10(8-13-11)9(3)4/h7-9H,5-6H2,1-4H3. The first-order valence-electron chi connectivity index (χ1n) is 5.44. The average molecular weight is 226 g/mol. The number of nitrogens with zero attached hydrogens (tertiary/aromatic N) is 2. The Labute approximate surface area is 91.7 Å². The minimum absolute atomic E-state index is 0.418. The third-order valence-corrected chi connectivity index (χ3v) is 5.71. The maximum Gasteiger partial charge on any atom is 0.188 e. The number of hydrogen-bond acceptors (Lipinski definition) is 3. The van der Waals surface area contributed by atoms with Crippen molar-refractivity contribution in [1.82, 2.24) is 9.97 Å². The molecule has 15 heavy (non-hydrogen) atoms. The summed E-state index contributed by atoms with van der Waals surface area (Å²) in [6, 6.07) is 0. The first-order valence-corrected chi connectivity index (χ1v) is 7.51. The second kappa shape index (κ2) is 4.89. The minimum atomic E-state index is -2.31. The smallest absolute Gasteiger partial charge is 0.188 e. The molecule has 3 nitrogen and oxygen atoms in total. The fraction of sp³-hybridized carbons (Fsp3) is 0.636. The van der Waals surface area contributed by atoms with Gasteiger partial charge in [-0.3, -0.25) is 0 Å². The highest BCUT2D eigenvalue weighted by Crippen LogP contribution is 2.41. The Balaban J connectivity index is 3.03. The Hall–Kier alpha value is -0.690. The molecule has 0 unspecified atom stereocenters. The van der Waals surface area contributed by atoms with E-state index in [0.29, 0.717) is 23.8 Å². The summed E-state index contributed by atoms with van der Waals surface area (Å²) in [7, 11) is -2.31. The van der Waals surface area contributed by atoms with E-state index in [1.54, 1.807) is 12.4 Å². The van der Waals surface area contributed by atoms with E-state index < -0.39 is 7.14 Å². The van der Waals surface area contributed by atoms with Gasteiger partial charge in [-0.25, -0.2) is 9.97 Å². The molecule has 1 heterocycles. The van der Waals surface area contributed by atoms with Crippen LogP contribution in [0.5, 0.6) is 0 Å². The van der Waals surface area contributed by atoms with Gasteiger partial charge < -0.3 is 4.57 Å². The summed E-state index contributed by atoms with van der Waals surface area (Å²) >= 11 is 0. The van der Waals surface area contributed by atoms with Gasteiger partial charge in [0.25, 0.3) is 0 Å². The molecule has 0 aliphatic rings. The molecule has 0 fully saturated rings. The van der Waals surface area contributed by atoms with Crippen molar-refractivity contribution < 1.29 is 4.57 Å². The van der Waals surface area contributed by atoms with E-state index in [4.69, 9.17) is 0 Å². The number of hydrogen-bond donors (Lipinski definition) is 0. The van der Waals surface area contributed by atoms with Crippen molar-refractivity contribution in [3.63, 3.8) is 0 Å². The van der Waals surface area contributed by atoms with Crippen LogP contribution in [0.4, 0.5) is 0 Å². The third-order valence-electron chi connectivity index (χ3n) is 2.71. The summed E-state index contributed by atoms with van der Waals surface area (Å²) in [6.07, 6.45) is 4.88. The fourth-order valence-electron chi connectivity index (χ4n) is 1.35. The third kappa shape index (κ3) is 2.66. The lowest BCUT2D eigenvalue weighted by molar-refractivity contribution is 0.581. The first kappa shape index (κ1) is 12.4. The molecule has 0 saturated heterocycles. The first-order chi connectivity index (χ1) is 7.03. The fourth-order valence-corrected chi connectivity index (χ4v) is 2.90. The van der Waals surface area contributed by atoms with Crippen LogP contribution in [-0.2, 0) is 4.57 Å². The molecule has 0 atom stereocenters. The summed E-state index contributed by atoms with van der Waals surface area (Å²) in [5.41, 5.74) is 1.63. The van der Waals surface area contributed by atoms with E-state index in [2.05, 4.69) is 23.8 Å². The zero-order valence-electron chi connectivity index (χ0n) is 9.90. The van der Waals surface area contributed by atoms with Crippen LogP contribution >= 0.6 is 7.14 Å². The van der Waals surface area contributed by atoms with Gasteiger partial charge in [0.2, 0.25) is 0 Å². The molecule has 0 radical (unpaired) electrons. The van der Waals surface area contributed by atoms with Crippen LogP contribution < -0.4 is 5.57 Å². The van der Waals surface area contributed by atoms with Gasteiger partial charge in [-0.1, -0.05) is 27.7 Å². The highest BCUT2D eigenvalue weighted by molar-refractivity contribution is 7.71. The van der Waals surface area contributed by atoms with Crippen LogP contribution in [0.2, 0.25) is 0 Å². The Bertz CT molecular complexity index is 351. The Kier molecular flexibility index (Phi) is 4.04. The van der Waals surface area contributed by atoms with Crippen LogP contribution in [0.3, 0.4) is 0 Å². The van der Waals surface area contributed by atoms with E-state index in [1.165, 1.54) is 0 Å². The van der Waals surface area contributed by atoms with Gasteiger partial charge in [0.05, 0.1) is 0 Å². The van der Waals surface area contributed by atoms with Crippen LogP contribution in [-0.4, -0.2) is 22.3 Å². The van der Waals surface area contributed by atoms with Crippen LogP contribution in [0.25, 0.3) is 0 Å². The van der Waals surface area contributed by atoms with Crippen molar-refractivity contribution in [1.29, 1.82) is 0 Å². The summed E-state index contributed by atoms with van der Waals surface area (Å²) < 4.78 is 12.3. The van der Waals surface area contributed by atoms with Crippen LogP contribution in [0.15, 0.2) is 12.4 Å². The average Bonchev–Trinajstić information content (AvgIpc) is 2.28. The summed E-state index contributed by atoms with van der Waals surface area (Å²) in [5.74, 6) is 0.418. The van der Waals surface area contributed by atoms with Gasteiger partial charge in [-0.2, -0.15) is 0 Å². The molecule has 0 aliphatic heterocycles. The molecule has 0 bridgehead atoms. The molecule has 0 aliphatic carbocycles. The van der Waals surface area contributed by atoms with Crippen molar-refractivity contribution in [2.45, 2.75) is 33.6 Å². The number of aromatic nitrogens is 2. The molecule has 0 amide bonds. The normalized spacial score (nSPS) is 12.1. The predicted octanol–water partition coefficient (Wildman–Crippen LogP) is 2.63. The molecule has 1 aromatic rings. The van der Waals surface area contributed by atoms with Crippen molar-refractivity contribution in [2.24, 2.45) is 0 Å². The largest absolute Gasteiger partial charge is 0.315 e. The maximum absolute atomic E-state index is 12.3. The Morgan fingerprint density at radius 1 is 1.20 bits per heavy atom. The van der Waals surface area contributed by atoms with E-state index in [-0.39, 0.29) is 0 Å². The van der Waals surface area contributed by atoms with Gasteiger partial charge in [0, 0.05) is 24.7 Å². The highest BCUT2D eigenvalue weighted by atomic mass is 31.2. The molecule has 0 aromatic carbocycles. The quantitative estimate of drug-likeness (QED) is 0.741. The van der Waals surface area contributed by atoms with Crippen molar-refractivity contribution in [3.05, 3.63) is 18.0 Å². The summed E-state index contributed by atoms with van der Waals surface area (Å²) in [4.78, 5) is 8.48. The second-order valence-electron chi connectivity index (χ2n) is 3.99. The van der Waals surface area contributed by atoms with E-state index in [0.717, 1.165) is 5.56 Å². The van der Waals surface area contributed by atoms with E-state index >= 15 is 0 Å². The van der Waals surface area contributed by atoms with Crippen LogP contribution in [0.1, 0.15) is 39.2 Å². The molecule has 1 rings (SSSR count). The molecule has 1 aromatic heterocycles. The molecular weight excluding hydrogens is 207 g/mol. The van der Waals surface area contributed by atoms with Crippen molar-refractivity contribution in [2.75, 3.05) is 12.3 Å². The van der Waals surface area contributed by atoms with Gasteiger partial charge in [-0.05, 0) is 11.5 Å². The molecule has 0 saturated carbocycles. The Morgan fingerprint density at radius 2 is 1.67 bits per heavy atom. The Morgan fingerprint density at radius 3 is 2.00 bits per heavy atom. The molecule has 4 heteroatoms. The van der Waals surface area contributed by atoms with Crippen molar-refractivity contribution >= 4 is 12.7 Å². The van der Waals surface area contributed by atoms with Gasteiger partial charge in [0.15, 0.2) is 12.7 Å². The molecular formula is C11H19N2OP. The lowest BCUT2D eigenvalue weighted by Crippen LogP contribution is -2.17. The lowest BCUT2D eigenvalue weighted by atomic mass is 10.1. The monoisotopic (exact) mass is 226 g/mol. The number of rotatable bonds is 4. The maximum atomic E-state index is 12.3. The predicted molar refractivity (Wildman–Crippen MR) is 64.4 cm³/mol. The lowest BCUT2D eigenvalue weighted by Gasteiger charge is -2.12. The zero-order chi connectivity index (χ0) is 11.5. The SMILES string of the molecule is CCP(=O)(CC)c1ncc(C(C)C)cn1. The second-order valence-corrected chi connectivity index (χ2v) is 7.44. The highest BCUT2D eigenvalue weighted by Gasteiger charge is 2.23. The summed E-state index contributed by atoms with van der Waals surface area (Å²) in [5, 5.41) is 0.